The van der Waals surface area contributed by atoms with Gasteiger partial charge in [0.2, 0.25) is 5.91 Å². The van der Waals surface area contributed by atoms with Gasteiger partial charge in [0.05, 0.1) is 49.8 Å². The van der Waals surface area contributed by atoms with E-state index in [4.69, 9.17) is 9.47 Å². The highest BCUT2D eigenvalue weighted by atomic mass is 16.5. The molecule has 0 radical (unpaired) electrons. The summed E-state index contributed by atoms with van der Waals surface area (Å²) in [5.74, 6) is 0.537. The molecule has 1 saturated heterocycles. The molecule has 158 valence electrons. The van der Waals surface area contributed by atoms with Crippen LogP contribution >= 0.6 is 0 Å². The molecular weight excluding hydrogens is 396 g/mol. The molecule has 1 N–H and O–H groups in total. The first-order valence-electron chi connectivity index (χ1n) is 10.0. The maximum absolute atomic E-state index is 12.8. The molecule has 1 fully saturated rings. The van der Waals surface area contributed by atoms with Crippen molar-refractivity contribution in [3.05, 3.63) is 66.9 Å². The summed E-state index contributed by atoms with van der Waals surface area (Å²) in [5.41, 5.74) is 3.27. The van der Waals surface area contributed by atoms with Crippen LogP contribution in [0.2, 0.25) is 0 Å². The lowest BCUT2D eigenvalue weighted by atomic mass is 10.1. The van der Waals surface area contributed by atoms with Gasteiger partial charge >= 0.3 is 0 Å². The third-order valence-corrected chi connectivity index (χ3v) is 5.44. The van der Waals surface area contributed by atoms with E-state index in [1.54, 1.807) is 24.3 Å². The molecule has 1 amide bonds. The normalized spacial score (nSPS) is 22.6. The smallest absolute Gasteiger partial charge is 0.247 e. The van der Waals surface area contributed by atoms with Crippen molar-refractivity contribution in [2.24, 2.45) is 0 Å². The third kappa shape index (κ3) is 3.64. The predicted octanol–water partition coefficient (Wildman–Crippen LogP) is 2.00. The summed E-state index contributed by atoms with van der Waals surface area (Å²) in [6, 6.07) is 5.01. The first kappa shape index (κ1) is 19.3. The van der Waals surface area contributed by atoms with Crippen molar-refractivity contribution in [1.29, 1.82) is 0 Å². The van der Waals surface area contributed by atoms with E-state index in [-0.39, 0.29) is 24.7 Å². The van der Waals surface area contributed by atoms with Gasteiger partial charge in [-0.3, -0.25) is 4.79 Å². The molecule has 9 heteroatoms. The molecule has 0 saturated carbocycles. The van der Waals surface area contributed by atoms with Crippen molar-refractivity contribution in [1.82, 2.24) is 29.9 Å². The van der Waals surface area contributed by atoms with Gasteiger partial charge in [0.15, 0.2) is 6.04 Å². The summed E-state index contributed by atoms with van der Waals surface area (Å²) in [7, 11) is 1.62. The van der Waals surface area contributed by atoms with Crippen LogP contribution in [0.4, 0.5) is 0 Å². The molecule has 1 aliphatic heterocycles. The van der Waals surface area contributed by atoms with Gasteiger partial charge in [-0.05, 0) is 19.1 Å². The van der Waals surface area contributed by atoms with E-state index < -0.39 is 6.04 Å². The van der Waals surface area contributed by atoms with E-state index in [2.05, 4.69) is 20.6 Å². The number of ether oxygens (including phenoxy) is 2. The molecule has 3 atom stereocenters. The number of nitrogens with zero attached hydrogens (tertiary/aromatic N) is 5. The number of carbonyl (C=O) groups is 1. The van der Waals surface area contributed by atoms with Crippen LogP contribution in [0.15, 0.2) is 61.2 Å². The topological polar surface area (TPSA) is 96.1 Å². The summed E-state index contributed by atoms with van der Waals surface area (Å²) in [4.78, 5) is 17.0. The Morgan fingerprint density at radius 1 is 1.23 bits per heavy atom. The zero-order valence-electron chi connectivity index (χ0n) is 17.2. The number of hydrogen-bond donors (Lipinski definition) is 1. The van der Waals surface area contributed by atoms with Gasteiger partial charge < -0.3 is 19.4 Å². The maximum Gasteiger partial charge on any atom is 0.247 e. The van der Waals surface area contributed by atoms with Gasteiger partial charge in [-0.25, -0.2) is 9.67 Å². The van der Waals surface area contributed by atoms with Crippen LogP contribution in [0.25, 0.3) is 16.9 Å². The summed E-state index contributed by atoms with van der Waals surface area (Å²) in [6.07, 6.45) is 12.9. The number of benzene rings is 1. The van der Waals surface area contributed by atoms with Gasteiger partial charge in [0.1, 0.15) is 11.4 Å². The third-order valence-electron chi connectivity index (χ3n) is 5.44. The molecule has 1 aromatic carbocycles. The maximum atomic E-state index is 12.8. The fourth-order valence-corrected chi connectivity index (χ4v) is 3.78. The standard InChI is InChI=1S/C22H22N6O3/c1-14-10-27(13-23-14)18-8-7-15(9-21(18)30-2)17-11-28(26-25-17)19-12-31-20-6-4-3-5-16(20)24-22(19)29/h3-11,13,16,19-20H,12H2,1-2H3,(H,24,29). The molecule has 3 aromatic rings. The summed E-state index contributed by atoms with van der Waals surface area (Å²) in [5, 5.41) is 11.5. The summed E-state index contributed by atoms with van der Waals surface area (Å²) in [6.45, 7) is 2.15. The molecule has 9 nitrogen and oxygen atoms in total. The largest absolute Gasteiger partial charge is 0.495 e. The summed E-state index contributed by atoms with van der Waals surface area (Å²) < 4.78 is 15.0. The number of hydrogen-bond acceptors (Lipinski definition) is 6. The Hall–Kier alpha value is -3.72. The van der Waals surface area contributed by atoms with Gasteiger partial charge in [0.25, 0.3) is 0 Å². The quantitative estimate of drug-likeness (QED) is 0.696. The van der Waals surface area contributed by atoms with Crippen LogP contribution in [-0.4, -0.2) is 56.3 Å². The molecule has 5 rings (SSSR count). The average Bonchev–Trinajstić information content (AvgIpc) is 3.40. The minimum atomic E-state index is -0.594. The van der Waals surface area contributed by atoms with Crippen LogP contribution in [0.3, 0.4) is 0 Å². The van der Waals surface area contributed by atoms with E-state index in [9.17, 15) is 4.79 Å². The van der Waals surface area contributed by atoms with Crippen molar-refractivity contribution >= 4 is 5.91 Å². The van der Waals surface area contributed by atoms with E-state index in [0.29, 0.717) is 11.4 Å². The Kier molecular flexibility index (Phi) is 4.87. The van der Waals surface area contributed by atoms with Crippen molar-refractivity contribution in [3.8, 4) is 22.7 Å². The van der Waals surface area contributed by atoms with E-state index in [1.807, 2.05) is 60.2 Å². The van der Waals surface area contributed by atoms with Crippen LogP contribution in [0.5, 0.6) is 5.75 Å². The number of methoxy groups -OCH3 is 1. The number of fused-ring (bicyclic) bond motifs is 1. The van der Waals surface area contributed by atoms with Gasteiger partial charge in [-0.15, -0.1) is 5.10 Å². The Morgan fingerprint density at radius 3 is 2.90 bits per heavy atom. The lowest BCUT2D eigenvalue weighted by Gasteiger charge is -2.21. The number of allylic oxidation sites excluding steroid dienone is 2. The van der Waals surface area contributed by atoms with Crippen molar-refractivity contribution in [3.63, 3.8) is 0 Å². The first-order valence-corrected chi connectivity index (χ1v) is 10.0. The van der Waals surface area contributed by atoms with Crippen LogP contribution in [0, 0.1) is 6.92 Å². The second-order valence-electron chi connectivity index (χ2n) is 7.51. The lowest BCUT2D eigenvalue weighted by molar-refractivity contribution is -0.125. The van der Waals surface area contributed by atoms with Crippen molar-refractivity contribution < 1.29 is 14.3 Å². The minimum Gasteiger partial charge on any atom is -0.495 e. The Balaban J connectivity index is 1.41. The Labute approximate surface area is 179 Å². The average molecular weight is 418 g/mol. The SMILES string of the molecule is COc1cc(-c2cn(C3COC4C=CC=CC4NC3=O)nn2)ccc1-n1cnc(C)c1. The number of aryl methyl sites for hydroxylation is 1. The zero-order chi connectivity index (χ0) is 21.4. The zero-order valence-corrected chi connectivity index (χ0v) is 17.2. The summed E-state index contributed by atoms with van der Waals surface area (Å²) >= 11 is 0. The van der Waals surface area contributed by atoms with Crippen molar-refractivity contribution in [2.45, 2.75) is 25.1 Å². The molecular formula is C22H22N6O3. The fraction of sp³-hybridized carbons (Fsp3) is 0.273. The van der Waals surface area contributed by atoms with Crippen LogP contribution in [-0.2, 0) is 9.53 Å². The van der Waals surface area contributed by atoms with Crippen molar-refractivity contribution in [2.75, 3.05) is 13.7 Å². The van der Waals surface area contributed by atoms with Crippen LogP contribution < -0.4 is 10.1 Å². The molecule has 1 aliphatic carbocycles. The fourth-order valence-electron chi connectivity index (χ4n) is 3.78. The minimum absolute atomic E-state index is 0.146. The van der Waals surface area contributed by atoms with E-state index in [0.717, 1.165) is 16.9 Å². The highest BCUT2D eigenvalue weighted by Gasteiger charge is 2.32. The monoisotopic (exact) mass is 418 g/mol. The van der Waals surface area contributed by atoms with Crippen LogP contribution in [0.1, 0.15) is 11.7 Å². The van der Waals surface area contributed by atoms with E-state index >= 15 is 0 Å². The number of aromatic nitrogens is 5. The highest BCUT2D eigenvalue weighted by Crippen LogP contribution is 2.29. The second-order valence-corrected chi connectivity index (χ2v) is 7.51. The predicted molar refractivity (Wildman–Crippen MR) is 113 cm³/mol. The van der Waals surface area contributed by atoms with Gasteiger partial charge in [-0.1, -0.05) is 35.6 Å². The van der Waals surface area contributed by atoms with Gasteiger partial charge in [0, 0.05) is 11.8 Å². The number of nitrogens with one attached hydrogen (secondary N) is 1. The number of amides is 1. The number of rotatable bonds is 4. The first-order chi connectivity index (χ1) is 15.1. The Morgan fingerprint density at radius 2 is 2.10 bits per heavy atom. The van der Waals surface area contributed by atoms with E-state index in [1.165, 1.54) is 0 Å². The Bertz CT molecular complexity index is 1180. The molecule has 3 unspecified atom stereocenters. The second kappa shape index (κ2) is 7.84. The number of carbonyl (C=O) groups excluding carboxylic acids is 1. The molecule has 3 heterocycles. The highest BCUT2D eigenvalue weighted by molar-refractivity contribution is 5.81. The lowest BCUT2D eigenvalue weighted by Crippen LogP contribution is -2.42. The molecule has 2 aromatic heterocycles. The molecule has 0 spiro atoms. The molecule has 2 aliphatic rings. The number of imidazole rings is 1. The molecule has 0 bridgehead atoms. The molecule has 31 heavy (non-hydrogen) atoms. The van der Waals surface area contributed by atoms with Gasteiger partial charge in [-0.2, -0.15) is 0 Å².